The number of furan rings is 1. The second-order valence-electron chi connectivity index (χ2n) is 5.68. The summed E-state index contributed by atoms with van der Waals surface area (Å²) in [7, 11) is 1.59. The van der Waals surface area contributed by atoms with Crippen LogP contribution in [0.25, 0.3) is 34.1 Å². The molecule has 3 aromatic heterocycles. The van der Waals surface area contributed by atoms with E-state index in [-0.39, 0.29) is 11.4 Å². The Labute approximate surface area is 148 Å². The minimum absolute atomic E-state index is 0.204. The van der Waals surface area contributed by atoms with Gasteiger partial charge in [0.05, 0.1) is 6.26 Å². The van der Waals surface area contributed by atoms with E-state index in [1.807, 2.05) is 30.3 Å². The second kappa shape index (κ2) is 6.29. The summed E-state index contributed by atoms with van der Waals surface area (Å²) in [6, 6.07) is 16.2. The minimum atomic E-state index is -0.204. The smallest absolute Gasteiger partial charge is 0.266 e. The number of aromatic nitrogens is 4. The summed E-state index contributed by atoms with van der Waals surface area (Å²) in [6.45, 7) is 0. The van der Waals surface area contributed by atoms with E-state index < -0.39 is 0 Å². The molecule has 7 heteroatoms. The summed E-state index contributed by atoms with van der Waals surface area (Å²) in [5, 5.41) is 4.31. The maximum Gasteiger partial charge on any atom is 0.266 e. The topological polar surface area (TPSA) is 99.8 Å². The molecular formula is C19H15N5O2. The van der Waals surface area contributed by atoms with Crippen LogP contribution in [0.1, 0.15) is 0 Å². The van der Waals surface area contributed by atoms with Gasteiger partial charge in [0, 0.05) is 18.7 Å². The van der Waals surface area contributed by atoms with Gasteiger partial charge < -0.3 is 10.2 Å². The average Bonchev–Trinajstić information content (AvgIpc) is 3.19. The number of nitrogens with two attached hydrogens (primary N) is 1. The van der Waals surface area contributed by atoms with E-state index >= 15 is 0 Å². The minimum Gasteiger partial charge on any atom is -0.463 e. The molecule has 0 aliphatic rings. The monoisotopic (exact) mass is 345 g/mol. The van der Waals surface area contributed by atoms with Crippen molar-refractivity contribution < 1.29 is 4.42 Å². The highest BCUT2D eigenvalue weighted by Crippen LogP contribution is 2.33. The van der Waals surface area contributed by atoms with E-state index in [9.17, 15) is 4.79 Å². The van der Waals surface area contributed by atoms with Crippen LogP contribution in [-0.4, -0.2) is 19.7 Å². The highest BCUT2D eigenvalue weighted by atomic mass is 16.3. The zero-order valence-corrected chi connectivity index (χ0v) is 14.0. The maximum atomic E-state index is 11.7. The Morgan fingerprint density at radius 2 is 1.73 bits per heavy atom. The Morgan fingerprint density at radius 1 is 0.923 bits per heavy atom. The van der Waals surface area contributed by atoms with Gasteiger partial charge in [0.25, 0.3) is 5.56 Å². The second-order valence-corrected chi connectivity index (χ2v) is 5.68. The Bertz CT molecular complexity index is 1120. The molecule has 4 rings (SSSR count). The molecule has 4 aromatic rings. The van der Waals surface area contributed by atoms with Crippen molar-refractivity contribution in [2.45, 2.75) is 0 Å². The van der Waals surface area contributed by atoms with Crippen molar-refractivity contribution >= 4 is 5.82 Å². The van der Waals surface area contributed by atoms with E-state index in [4.69, 9.17) is 10.2 Å². The third-order valence-electron chi connectivity index (χ3n) is 3.93. The zero-order chi connectivity index (χ0) is 18.1. The van der Waals surface area contributed by atoms with Crippen LogP contribution < -0.4 is 11.3 Å². The van der Waals surface area contributed by atoms with Gasteiger partial charge in [-0.25, -0.2) is 14.6 Å². The SMILES string of the molecule is Cn1nc(-c2nc(-c3ccco3)c(N)nc2-c2ccccc2)ccc1=O. The lowest BCUT2D eigenvalue weighted by molar-refractivity contribution is 0.580. The largest absolute Gasteiger partial charge is 0.463 e. The number of aryl methyl sites for hydroxylation is 1. The molecule has 0 bridgehead atoms. The highest BCUT2D eigenvalue weighted by Gasteiger charge is 2.19. The fraction of sp³-hybridized carbons (Fsp3) is 0.0526. The first-order chi connectivity index (χ1) is 12.6. The summed E-state index contributed by atoms with van der Waals surface area (Å²) >= 11 is 0. The molecule has 0 unspecified atom stereocenters. The van der Waals surface area contributed by atoms with Gasteiger partial charge in [-0.1, -0.05) is 30.3 Å². The lowest BCUT2D eigenvalue weighted by Crippen LogP contribution is -2.18. The first kappa shape index (κ1) is 15.8. The van der Waals surface area contributed by atoms with Gasteiger partial charge in [0.2, 0.25) is 0 Å². The van der Waals surface area contributed by atoms with Crippen LogP contribution in [0, 0.1) is 0 Å². The summed E-state index contributed by atoms with van der Waals surface area (Å²) in [4.78, 5) is 20.9. The molecule has 3 heterocycles. The molecule has 1 aromatic carbocycles. The van der Waals surface area contributed by atoms with E-state index in [2.05, 4.69) is 15.1 Å². The summed E-state index contributed by atoms with van der Waals surface area (Å²) in [5.41, 5.74) is 8.85. The molecule has 0 fully saturated rings. The molecule has 26 heavy (non-hydrogen) atoms. The summed E-state index contributed by atoms with van der Waals surface area (Å²) in [6.07, 6.45) is 1.55. The zero-order valence-electron chi connectivity index (χ0n) is 14.0. The van der Waals surface area contributed by atoms with Gasteiger partial charge >= 0.3 is 0 Å². The Balaban J connectivity index is 2.00. The average molecular weight is 345 g/mol. The van der Waals surface area contributed by atoms with Crippen LogP contribution in [0.2, 0.25) is 0 Å². The van der Waals surface area contributed by atoms with Gasteiger partial charge in [0.15, 0.2) is 11.6 Å². The van der Waals surface area contributed by atoms with Crippen molar-refractivity contribution in [1.82, 2.24) is 19.7 Å². The predicted octanol–water partition coefficient (Wildman–Crippen LogP) is 2.75. The van der Waals surface area contributed by atoms with Crippen molar-refractivity contribution in [3.63, 3.8) is 0 Å². The van der Waals surface area contributed by atoms with Gasteiger partial charge in [0.1, 0.15) is 22.8 Å². The van der Waals surface area contributed by atoms with Crippen LogP contribution in [0.4, 0.5) is 5.82 Å². The fourth-order valence-electron chi connectivity index (χ4n) is 2.65. The Hall–Kier alpha value is -3.74. The summed E-state index contributed by atoms with van der Waals surface area (Å²) in [5.74, 6) is 0.771. The van der Waals surface area contributed by atoms with Gasteiger partial charge in [-0.15, -0.1) is 0 Å². The van der Waals surface area contributed by atoms with Gasteiger partial charge in [-0.2, -0.15) is 5.10 Å². The van der Waals surface area contributed by atoms with Crippen molar-refractivity contribution in [1.29, 1.82) is 0 Å². The van der Waals surface area contributed by atoms with Crippen LogP contribution >= 0.6 is 0 Å². The normalized spacial score (nSPS) is 10.8. The fourth-order valence-corrected chi connectivity index (χ4v) is 2.65. The van der Waals surface area contributed by atoms with Gasteiger partial charge in [-0.3, -0.25) is 4.79 Å². The van der Waals surface area contributed by atoms with Crippen molar-refractivity contribution in [2.75, 3.05) is 5.73 Å². The van der Waals surface area contributed by atoms with E-state index in [0.717, 1.165) is 5.56 Å². The molecule has 128 valence electrons. The van der Waals surface area contributed by atoms with Crippen LogP contribution in [0.5, 0.6) is 0 Å². The third kappa shape index (κ3) is 2.75. The number of nitrogens with zero attached hydrogens (tertiary/aromatic N) is 4. The molecule has 2 N–H and O–H groups in total. The molecule has 0 amide bonds. The lowest BCUT2D eigenvalue weighted by atomic mass is 10.1. The number of benzene rings is 1. The van der Waals surface area contributed by atoms with E-state index in [1.54, 1.807) is 31.5 Å². The highest BCUT2D eigenvalue weighted by molar-refractivity contribution is 5.80. The number of rotatable bonds is 3. The van der Waals surface area contributed by atoms with Crippen LogP contribution in [-0.2, 0) is 7.05 Å². The maximum absolute atomic E-state index is 11.7. The molecule has 0 saturated carbocycles. The lowest BCUT2D eigenvalue weighted by Gasteiger charge is -2.12. The standard InChI is InChI=1S/C19H15N5O2/c1-24-15(25)10-9-13(23-24)17-16(12-6-3-2-4-7-12)22-19(20)18(21-17)14-8-5-11-26-14/h2-11H,1H3,(H2,20,22). The molecular weight excluding hydrogens is 330 g/mol. The van der Waals surface area contributed by atoms with Crippen molar-refractivity contribution in [3.05, 3.63) is 71.2 Å². The molecule has 0 spiro atoms. The molecule has 7 nitrogen and oxygen atoms in total. The Morgan fingerprint density at radius 3 is 2.42 bits per heavy atom. The number of anilines is 1. The molecule has 0 aliphatic carbocycles. The predicted molar refractivity (Wildman–Crippen MR) is 98.1 cm³/mol. The molecule has 0 atom stereocenters. The number of hydrogen-bond acceptors (Lipinski definition) is 6. The van der Waals surface area contributed by atoms with E-state index in [0.29, 0.717) is 28.5 Å². The third-order valence-corrected chi connectivity index (χ3v) is 3.93. The number of nitrogen functional groups attached to an aromatic ring is 1. The van der Waals surface area contributed by atoms with Crippen LogP contribution in [0.3, 0.4) is 0 Å². The van der Waals surface area contributed by atoms with Gasteiger partial charge in [-0.05, 0) is 18.2 Å². The Kier molecular flexibility index (Phi) is 3.81. The quantitative estimate of drug-likeness (QED) is 0.613. The van der Waals surface area contributed by atoms with Crippen LogP contribution in [0.15, 0.2) is 70.1 Å². The molecule has 0 aliphatic heterocycles. The number of hydrogen-bond donors (Lipinski definition) is 1. The molecule has 0 radical (unpaired) electrons. The summed E-state index contributed by atoms with van der Waals surface area (Å²) < 4.78 is 6.68. The molecule has 0 saturated heterocycles. The van der Waals surface area contributed by atoms with Crippen molar-refractivity contribution in [3.8, 4) is 34.1 Å². The van der Waals surface area contributed by atoms with Crippen molar-refractivity contribution in [2.24, 2.45) is 7.05 Å². The van der Waals surface area contributed by atoms with E-state index in [1.165, 1.54) is 10.7 Å². The first-order valence-electron chi connectivity index (χ1n) is 7.95. The first-order valence-corrected chi connectivity index (χ1v) is 7.95.